The summed E-state index contributed by atoms with van der Waals surface area (Å²) in [4.78, 5) is 13.6. The first-order chi connectivity index (χ1) is 13.8. The summed E-state index contributed by atoms with van der Waals surface area (Å²) in [6, 6.07) is 11.4. The molecule has 1 aromatic rings. The van der Waals surface area contributed by atoms with E-state index in [-0.39, 0.29) is 34.9 Å². The predicted molar refractivity (Wildman–Crippen MR) is 113 cm³/mol. The second kappa shape index (κ2) is 6.80. The SMILES string of the molecule is CC1(C(=O)NC2CC3CNC2C3)CC2CC(c3ccccc3)(C1)C[C@@](C)(CF)C2. The topological polar surface area (TPSA) is 41.1 Å². The zero-order valence-corrected chi connectivity index (χ0v) is 17.8. The van der Waals surface area contributed by atoms with Crippen LogP contribution >= 0.6 is 0 Å². The molecular weight excluding hydrogens is 363 g/mol. The van der Waals surface area contributed by atoms with E-state index in [1.54, 1.807) is 0 Å². The molecule has 158 valence electrons. The Morgan fingerprint density at radius 2 is 1.90 bits per heavy atom. The second-order valence-electron chi connectivity index (χ2n) is 11.4. The number of carbonyl (C=O) groups excluding carboxylic acids is 1. The van der Waals surface area contributed by atoms with Gasteiger partial charge in [0.2, 0.25) is 5.91 Å². The number of alkyl halides is 1. The van der Waals surface area contributed by atoms with Gasteiger partial charge in [-0.15, -0.1) is 0 Å². The fourth-order valence-electron chi connectivity index (χ4n) is 7.76. The van der Waals surface area contributed by atoms with Gasteiger partial charge in [0.15, 0.2) is 0 Å². The third-order valence-corrected chi connectivity index (χ3v) is 8.60. The molecule has 1 aromatic carbocycles. The van der Waals surface area contributed by atoms with Crippen LogP contribution in [-0.2, 0) is 10.2 Å². The van der Waals surface area contributed by atoms with Crippen molar-refractivity contribution in [3.63, 3.8) is 0 Å². The van der Waals surface area contributed by atoms with Crippen LogP contribution < -0.4 is 10.6 Å². The van der Waals surface area contributed by atoms with Gasteiger partial charge in [0.25, 0.3) is 0 Å². The lowest BCUT2D eigenvalue weighted by Gasteiger charge is -2.57. The van der Waals surface area contributed by atoms with E-state index in [1.165, 1.54) is 12.0 Å². The monoisotopic (exact) mass is 398 g/mol. The average molecular weight is 399 g/mol. The molecule has 0 aromatic heterocycles. The minimum atomic E-state index is -0.377. The fraction of sp³-hybridized carbons (Fsp3) is 0.720. The average Bonchev–Trinajstić information content (AvgIpc) is 3.31. The zero-order chi connectivity index (χ0) is 20.3. The van der Waals surface area contributed by atoms with Gasteiger partial charge in [-0.3, -0.25) is 9.18 Å². The standard InChI is InChI=1S/C25H35FN2O/c1-23(16-26)10-18-11-24(2,22(29)28-21-9-17-8-20(21)27-13-17)15-25(12-18,14-23)19-6-4-3-5-7-19/h3-7,17-18,20-21,27H,8-16H2,1-2H3,(H,28,29)/t17?,18?,20?,21?,23-,24?,25?/m0/s1. The molecule has 6 unspecified atom stereocenters. The molecule has 7 atom stereocenters. The van der Waals surface area contributed by atoms with Gasteiger partial charge in [0.05, 0.1) is 6.67 Å². The Balaban J connectivity index is 1.43. The molecule has 3 nitrogen and oxygen atoms in total. The van der Waals surface area contributed by atoms with Crippen molar-refractivity contribution in [3.05, 3.63) is 35.9 Å². The van der Waals surface area contributed by atoms with Crippen molar-refractivity contribution in [2.45, 2.75) is 76.3 Å². The van der Waals surface area contributed by atoms with Crippen LogP contribution in [-0.4, -0.2) is 31.2 Å². The van der Waals surface area contributed by atoms with E-state index >= 15 is 0 Å². The maximum absolute atomic E-state index is 14.1. The van der Waals surface area contributed by atoms with Crippen molar-refractivity contribution in [2.75, 3.05) is 13.2 Å². The summed E-state index contributed by atoms with van der Waals surface area (Å²) in [6.45, 7) is 5.12. The molecule has 0 spiro atoms. The van der Waals surface area contributed by atoms with Gasteiger partial charge in [-0.25, -0.2) is 0 Å². The summed E-state index contributed by atoms with van der Waals surface area (Å²) in [5.41, 5.74) is 0.552. The maximum atomic E-state index is 14.1. The lowest BCUT2D eigenvalue weighted by atomic mass is 9.47. The highest BCUT2D eigenvalue weighted by Gasteiger charge is 2.57. The molecule has 3 aliphatic carbocycles. The molecule has 4 bridgehead atoms. The van der Waals surface area contributed by atoms with Crippen molar-refractivity contribution < 1.29 is 9.18 Å². The van der Waals surface area contributed by atoms with E-state index in [9.17, 15) is 9.18 Å². The zero-order valence-electron chi connectivity index (χ0n) is 17.8. The third kappa shape index (κ3) is 3.32. The molecule has 1 amide bonds. The van der Waals surface area contributed by atoms with E-state index in [4.69, 9.17) is 0 Å². The van der Waals surface area contributed by atoms with Crippen molar-refractivity contribution in [2.24, 2.45) is 22.7 Å². The van der Waals surface area contributed by atoms with Gasteiger partial charge in [0, 0.05) is 17.5 Å². The van der Waals surface area contributed by atoms with E-state index in [0.29, 0.717) is 12.0 Å². The number of fused-ring (bicyclic) bond motifs is 4. The van der Waals surface area contributed by atoms with Crippen LogP contribution in [0.4, 0.5) is 4.39 Å². The minimum absolute atomic E-state index is 0.0950. The van der Waals surface area contributed by atoms with Crippen molar-refractivity contribution in [1.82, 2.24) is 10.6 Å². The Bertz CT molecular complexity index is 784. The number of halogens is 1. The normalized spacial score (nSPS) is 45.9. The smallest absolute Gasteiger partial charge is 0.226 e. The summed E-state index contributed by atoms with van der Waals surface area (Å²) >= 11 is 0. The van der Waals surface area contributed by atoms with E-state index < -0.39 is 0 Å². The summed E-state index contributed by atoms with van der Waals surface area (Å²) in [5, 5.41) is 7.00. The number of nitrogens with one attached hydrogen (secondary N) is 2. The first-order valence-electron chi connectivity index (χ1n) is 11.5. The highest BCUT2D eigenvalue weighted by molar-refractivity contribution is 5.83. The Hall–Kier alpha value is -1.42. The molecule has 2 N–H and O–H groups in total. The van der Waals surface area contributed by atoms with Gasteiger partial charge in [-0.2, -0.15) is 0 Å². The number of hydrogen-bond donors (Lipinski definition) is 2. The Kier molecular flexibility index (Phi) is 4.58. The number of rotatable bonds is 4. The summed E-state index contributed by atoms with van der Waals surface area (Å²) in [7, 11) is 0. The summed E-state index contributed by atoms with van der Waals surface area (Å²) in [5.74, 6) is 1.36. The van der Waals surface area contributed by atoms with Gasteiger partial charge >= 0.3 is 0 Å². The van der Waals surface area contributed by atoms with Gasteiger partial charge in [-0.05, 0) is 79.7 Å². The first kappa shape index (κ1) is 19.5. The molecule has 3 saturated carbocycles. The van der Waals surface area contributed by atoms with Crippen LogP contribution in [0.2, 0.25) is 0 Å². The Labute approximate surface area is 174 Å². The predicted octanol–water partition coefficient (Wildman–Crippen LogP) is 4.37. The van der Waals surface area contributed by atoms with Crippen molar-refractivity contribution >= 4 is 5.91 Å². The molecule has 0 radical (unpaired) electrons. The number of piperidine rings is 1. The van der Waals surface area contributed by atoms with Gasteiger partial charge in [-0.1, -0.05) is 44.2 Å². The van der Waals surface area contributed by atoms with Crippen LogP contribution in [0.1, 0.15) is 64.4 Å². The lowest BCUT2D eigenvalue weighted by Crippen LogP contribution is -2.57. The second-order valence-corrected chi connectivity index (χ2v) is 11.4. The lowest BCUT2D eigenvalue weighted by molar-refractivity contribution is -0.139. The molecule has 4 heteroatoms. The molecule has 4 fully saturated rings. The molecule has 1 heterocycles. The van der Waals surface area contributed by atoms with Gasteiger partial charge in [0.1, 0.15) is 0 Å². The van der Waals surface area contributed by atoms with Crippen molar-refractivity contribution in [3.8, 4) is 0 Å². The molecule has 4 aliphatic rings. The van der Waals surface area contributed by atoms with Crippen LogP contribution in [0.15, 0.2) is 30.3 Å². The van der Waals surface area contributed by atoms with Crippen LogP contribution in [0.25, 0.3) is 0 Å². The Morgan fingerprint density at radius 3 is 2.55 bits per heavy atom. The Morgan fingerprint density at radius 1 is 1.10 bits per heavy atom. The first-order valence-corrected chi connectivity index (χ1v) is 11.5. The van der Waals surface area contributed by atoms with Crippen LogP contribution in [0.5, 0.6) is 0 Å². The molecular formula is C25H35FN2O. The van der Waals surface area contributed by atoms with Crippen molar-refractivity contribution in [1.29, 1.82) is 0 Å². The highest BCUT2D eigenvalue weighted by atomic mass is 19.1. The molecule has 5 rings (SSSR count). The third-order valence-electron chi connectivity index (χ3n) is 8.60. The molecule has 1 aliphatic heterocycles. The molecule has 29 heavy (non-hydrogen) atoms. The number of hydrogen-bond acceptors (Lipinski definition) is 2. The number of carbonyl (C=O) groups is 1. The minimum Gasteiger partial charge on any atom is -0.351 e. The fourth-order valence-corrected chi connectivity index (χ4v) is 7.76. The summed E-state index contributed by atoms with van der Waals surface area (Å²) < 4.78 is 14.1. The highest BCUT2D eigenvalue weighted by Crippen LogP contribution is 2.61. The van der Waals surface area contributed by atoms with Crippen LogP contribution in [0.3, 0.4) is 0 Å². The van der Waals surface area contributed by atoms with Crippen LogP contribution in [0, 0.1) is 22.7 Å². The summed E-state index contributed by atoms with van der Waals surface area (Å²) in [6.07, 6.45) is 6.87. The number of amides is 1. The number of benzene rings is 1. The maximum Gasteiger partial charge on any atom is 0.226 e. The van der Waals surface area contributed by atoms with Gasteiger partial charge < -0.3 is 10.6 Å². The quantitative estimate of drug-likeness (QED) is 0.791. The van der Waals surface area contributed by atoms with E-state index in [2.05, 4.69) is 48.7 Å². The van der Waals surface area contributed by atoms with E-state index in [1.807, 2.05) is 6.07 Å². The molecule has 1 saturated heterocycles. The van der Waals surface area contributed by atoms with E-state index in [0.717, 1.165) is 51.0 Å². The largest absolute Gasteiger partial charge is 0.351 e.